The molecular formula is C23H26N4O2. The van der Waals surface area contributed by atoms with Crippen LogP contribution in [0.1, 0.15) is 50.0 Å². The first kappa shape index (κ1) is 19.2. The SMILES string of the molecule is CC(C)(C)c1ccc(C(=O)N2CCC2(C)C(=O)Nc2ccc3[nH]ncc3c2)cc1. The van der Waals surface area contributed by atoms with Gasteiger partial charge in [0, 0.05) is 23.2 Å². The van der Waals surface area contributed by atoms with Gasteiger partial charge in [0.25, 0.3) is 5.91 Å². The Morgan fingerprint density at radius 1 is 1.14 bits per heavy atom. The molecule has 0 saturated carbocycles. The van der Waals surface area contributed by atoms with E-state index in [-0.39, 0.29) is 17.2 Å². The molecule has 2 N–H and O–H groups in total. The zero-order chi connectivity index (χ0) is 20.8. The summed E-state index contributed by atoms with van der Waals surface area (Å²) in [4.78, 5) is 27.7. The maximum Gasteiger partial charge on any atom is 0.254 e. The van der Waals surface area contributed by atoms with Crippen LogP contribution in [0.2, 0.25) is 0 Å². The van der Waals surface area contributed by atoms with Gasteiger partial charge in [0.05, 0.1) is 11.7 Å². The number of likely N-dealkylation sites (tertiary alicyclic amines) is 1. The lowest BCUT2D eigenvalue weighted by atomic mass is 9.84. The summed E-state index contributed by atoms with van der Waals surface area (Å²) in [6.45, 7) is 8.82. The van der Waals surface area contributed by atoms with Gasteiger partial charge in [-0.15, -0.1) is 0 Å². The number of nitrogens with one attached hydrogen (secondary N) is 2. The molecule has 3 aromatic rings. The van der Waals surface area contributed by atoms with Crippen molar-refractivity contribution >= 4 is 28.4 Å². The number of hydrogen-bond acceptors (Lipinski definition) is 3. The smallest absolute Gasteiger partial charge is 0.254 e. The average Bonchev–Trinajstić information content (AvgIpc) is 3.13. The zero-order valence-corrected chi connectivity index (χ0v) is 17.2. The molecule has 1 unspecified atom stereocenters. The van der Waals surface area contributed by atoms with Gasteiger partial charge in [0.1, 0.15) is 5.54 Å². The van der Waals surface area contributed by atoms with E-state index in [1.807, 2.05) is 49.4 Å². The highest BCUT2D eigenvalue weighted by molar-refractivity contribution is 6.05. The van der Waals surface area contributed by atoms with Crippen LogP contribution in [0.3, 0.4) is 0 Å². The number of amides is 2. The largest absolute Gasteiger partial charge is 0.324 e. The third-order valence-electron chi connectivity index (χ3n) is 5.85. The molecule has 29 heavy (non-hydrogen) atoms. The Morgan fingerprint density at radius 3 is 2.48 bits per heavy atom. The van der Waals surface area contributed by atoms with Gasteiger partial charge in [0.2, 0.25) is 5.91 Å². The van der Waals surface area contributed by atoms with Crippen molar-refractivity contribution in [3.63, 3.8) is 0 Å². The third-order valence-corrected chi connectivity index (χ3v) is 5.85. The Kier molecular flexibility index (Phi) is 4.45. The molecule has 0 spiro atoms. The molecule has 2 heterocycles. The first-order chi connectivity index (χ1) is 13.7. The third kappa shape index (κ3) is 3.39. The minimum absolute atomic E-state index is 0.0306. The maximum absolute atomic E-state index is 13.0. The number of rotatable bonds is 3. The fourth-order valence-corrected chi connectivity index (χ4v) is 3.68. The topological polar surface area (TPSA) is 78.1 Å². The monoisotopic (exact) mass is 390 g/mol. The number of carbonyl (C=O) groups is 2. The molecule has 0 radical (unpaired) electrons. The molecule has 2 aromatic carbocycles. The van der Waals surface area contributed by atoms with Gasteiger partial charge in [-0.3, -0.25) is 14.7 Å². The molecule has 6 heteroatoms. The quantitative estimate of drug-likeness (QED) is 0.707. The van der Waals surface area contributed by atoms with Gasteiger partial charge in [-0.25, -0.2) is 0 Å². The maximum atomic E-state index is 13.0. The molecule has 150 valence electrons. The standard InChI is InChI=1S/C23H26N4O2/c1-22(2,3)17-7-5-15(6-8-17)20(28)27-12-11-23(27,4)21(29)25-18-9-10-19-16(13-18)14-24-26-19/h5-10,13-14H,11-12H2,1-4H3,(H,24,26)(H,25,29). The van der Waals surface area contributed by atoms with E-state index in [1.165, 1.54) is 5.56 Å². The number of carbonyl (C=O) groups excluding carboxylic acids is 2. The van der Waals surface area contributed by atoms with Crippen molar-refractivity contribution in [3.8, 4) is 0 Å². The molecule has 6 nitrogen and oxygen atoms in total. The second-order valence-corrected chi connectivity index (χ2v) is 8.93. The second kappa shape index (κ2) is 6.72. The van der Waals surface area contributed by atoms with Crippen LogP contribution >= 0.6 is 0 Å². The van der Waals surface area contributed by atoms with E-state index < -0.39 is 5.54 Å². The molecule has 1 saturated heterocycles. The minimum Gasteiger partial charge on any atom is -0.324 e. The zero-order valence-electron chi connectivity index (χ0n) is 17.2. The highest BCUT2D eigenvalue weighted by Crippen LogP contribution is 2.34. The number of hydrogen-bond donors (Lipinski definition) is 2. The van der Waals surface area contributed by atoms with Gasteiger partial charge in [-0.05, 0) is 54.7 Å². The fourth-order valence-electron chi connectivity index (χ4n) is 3.68. The summed E-state index contributed by atoms with van der Waals surface area (Å²) in [7, 11) is 0. The number of fused-ring (bicyclic) bond motifs is 1. The summed E-state index contributed by atoms with van der Waals surface area (Å²) < 4.78 is 0. The molecule has 1 aromatic heterocycles. The van der Waals surface area contributed by atoms with Crippen molar-refractivity contribution in [1.82, 2.24) is 15.1 Å². The van der Waals surface area contributed by atoms with Gasteiger partial charge >= 0.3 is 0 Å². The van der Waals surface area contributed by atoms with Crippen molar-refractivity contribution in [1.29, 1.82) is 0 Å². The molecule has 1 atom stereocenters. The second-order valence-electron chi connectivity index (χ2n) is 8.93. The molecule has 1 fully saturated rings. The number of aromatic nitrogens is 2. The lowest BCUT2D eigenvalue weighted by molar-refractivity contribution is -0.132. The van der Waals surface area contributed by atoms with Crippen molar-refractivity contribution in [3.05, 3.63) is 59.8 Å². The minimum atomic E-state index is -0.856. The average molecular weight is 390 g/mol. The van der Waals surface area contributed by atoms with Crippen LogP contribution in [0.15, 0.2) is 48.7 Å². The Hall–Kier alpha value is -3.15. The van der Waals surface area contributed by atoms with E-state index in [1.54, 1.807) is 11.1 Å². The number of nitrogens with zero attached hydrogens (tertiary/aromatic N) is 2. The first-order valence-corrected chi connectivity index (χ1v) is 9.86. The molecule has 0 bridgehead atoms. The van der Waals surface area contributed by atoms with Crippen LogP contribution in [0.25, 0.3) is 10.9 Å². The summed E-state index contributed by atoms with van der Waals surface area (Å²) in [6.07, 6.45) is 2.35. The van der Waals surface area contributed by atoms with E-state index in [4.69, 9.17) is 0 Å². The first-order valence-electron chi connectivity index (χ1n) is 9.86. The number of benzene rings is 2. The Morgan fingerprint density at radius 2 is 1.86 bits per heavy atom. The van der Waals surface area contributed by atoms with Crippen LogP contribution in [0.5, 0.6) is 0 Å². The van der Waals surface area contributed by atoms with E-state index in [0.29, 0.717) is 24.2 Å². The lowest BCUT2D eigenvalue weighted by Crippen LogP contribution is -2.66. The number of H-pyrrole nitrogens is 1. The van der Waals surface area contributed by atoms with Gasteiger partial charge in [-0.1, -0.05) is 32.9 Å². The normalized spacial score (nSPS) is 19.1. The number of anilines is 1. The van der Waals surface area contributed by atoms with Crippen LogP contribution in [-0.4, -0.2) is 39.0 Å². The molecule has 1 aliphatic rings. The van der Waals surface area contributed by atoms with Gasteiger partial charge in [-0.2, -0.15) is 5.10 Å². The van der Waals surface area contributed by atoms with E-state index in [2.05, 4.69) is 36.3 Å². The Labute approximate surface area is 170 Å². The van der Waals surface area contributed by atoms with Crippen molar-refractivity contribution < 1.29 is 9.59 Å². The molecule has 1 aliphatic heterocycles. The van der Waals surface area contributed by atoms with Gasteiger partial charge in [0.15, 0.2) is 0 Å². The summed E-state index contributed by atoms with van der Waals surface area (Å²) >= 11 is 0. The molecule has 2 amide bonds. The number of aromatic amines is 1. The summed E-state index contributed by atoms with van der Waals surface area (Å²) in [6, 6.07) is 13.3. The van der Waals surface area contributed by atoms with Crippen LogP contribution in [0, 0.1) is 0 Å². The molecular weight excluding hydrogens is 364 g/mol. The van der Waals surface area contributed by atoms with E-state index in [0.717, 1.165) is 10.9 Å². The van der Waals surface area contributed by atoms with Crippen molar-refractivity contribution in [2.45, 2.75) is 45.1 Å². The summed E-state index contributed by atoms with van der Waals surface area (Å²) in [5.74, 6) is -0.286. The van der Waals surface area contributed by atoms with E-state index >= 15 is 0 Å². The fraction of sp³-hybridized carbons (Fsp3) is 0.348. The summed E-state index contributed by atoms with van der Waals surface area (Å²) in [5.41, 5.74) is 2.56. The molecule has 4 rings (SSSR count). The van der Waals surface area contributed by atoms with E-state index in [9.17, 15) is 9.59 Å². The van der Waals surface area contributed by atoms with Crippen molar-refractivity contribution in [2.75, 3.05) is 11.9 Å². The highest BCUT2D eigenvalue weighted by atomic mass is 16.2. The van der Waals surface area contributed by atoms with Crippen LogP contribution in [-0.2, 0) is 10.2 Å². The lowest BCUT2D eigenvalue weighted by Gasteiger charge is -2.49. The predicted octanol–water partition coefficient (Wildman–Crippen LogP) is 4.10. The summed E-state index contributed by atoms with van der Waals surface area (Å²) in [5, 5.41) is 10.8. The van der Waals surface area contributed by atoms with Gasteiger partial charge < -0.3 is 10.2 Å². The Bertz CT molecular complexity index is 1080. The predicted molar refractivity (Wildman–Crippen MR) is 114 cm³/mol. The molecule has 0 aliphatic carbocycles. The Balaban J connectivity index is 1.50. The van der Waals surface area contributed by atoms with Crippen LogP contribution < -0.4 is 5.32 Å². The van der Waals surface area contributed by atoms with Crippen LogP contribution in [0.4, 0.5) is 5.69 Å². The van der Waals surface area contributed by atoms with Crippen molar-refractivity contribution in [2.24, 2.45) is 0 Å². The highest BCUT2D eigenvalue weighted by Gasteiger charge is 2.49.